The summed E-state index contributed by atoms with van der Waals surface area (Å²) in [5, 5.41) is -2.37. The largest absolute Gasteiger partial charge is 0.458 e. The van der Waals surface area contributed by atoms with Gasteiger partial charge in [-0.25, -0.2) is 4.98 Å². The summed E-state index contributed by atoms with van der Waals surface area (Å²) in [6, 6.07) is 15.8. The van der Waals surface area contributed by atoms with Gasteiger partial charge in [-0.05, 0) is 132 Å². The zero-order valence-corrected chi connectivity index (χ0v) is 47.7. The molecule has 0 unspecified atom stereocenters. The summed E-state index contributed by atoms with van der Waals surface area (Å²) in [5.74, 6) is 0.736. The van der Waals surface area contributed by atoms with Crippen LogP contribution in [0.15, 0.2) is 285 Å². The summed E-state index contributed by atoms with van der Waals surface area (Å²) in [7, 11) is -6.29. The predicted molar refractivity (Wildman–Crippen MR) is 358 cm³/mol. The number of pyridine rings is 1. The highest BCUT2D eigenvalue weighted by atomic mass is 28.3. The van der Waals surface area contributed by atoms with E-state index >= 15 is 0 Å². The molecule has 414 valence electrons. The lowest BCUT2D eigenvalue weighted by atomic mass is 9.82. The number of fused-ring (bicyclic) bond motifs is 5. The molecule has 0 N–H and O–H groups in total. The molecule has 0 atom stereocenters. The minimum atomic E-state index is -6.29. The predicted octanol–water partition coefficient (Wildman–Crippen LogP) is 16.6. The first-order valence-electron chi connectivity index (χ1n) is 41.2. The number of nitrogens with zero attached hydrogens (tertiary/aromatic N) is 4. The average molecular weight is 1150 g/mol. The van der Waals surface area contributed by atoms with Crippen LogP contribution in [0.4, 0.5) is 0 Å². The van der Waals surface area contributed by atoms with Crippen molar-refractivity contribution in [1.82, 2.24) is 14.1 Å². The Labute approximate surface area is 542 Å². The van der Waals surface area contributed by atoms with Crippen molar-refractivity contribution in [3.05, 3.63) is 308 Å². The first-order chi connectivity index (χ1) is 53.2. The molecular formula is C80H64N4OSi. The summed E-state index contributed by atoms with van der Waals surface area (Å²) in [6.45, 7) is 5.72. The highest BCUT2D eigenvalue weighted by molar-refractivity contribution is 7.19. The fourth-order valence-electron chi connectivity index (χ4n) is 12.8. The Morgan fingerprint density at radius 2 is 1.12 bits per heavy atom. The zero-order chi connectivity index (χ0) is 81.5. The van der Waals surface area contributed by atoms with Crippen LogP contribution in [0.2, 0.25) is 0 Å². The standard InChI is InChI=1S/C80H64N4OSi/c1-55-47-77(81-52-70(55)56-25-10-6-11-26-56)84-73-40-19-18-37-68(73)69-45-44-61(51-76(69)84)85-60-29-23-28-59(50-60)82-54-83(75-42-21-20-41-74(75)82)78-66(38-24-39-67(78)58-43-46-71-72(49-58)80(4,5)53-79(71,2)3)57-27-22-36-65(48-57)86(62-30-12-7-13-31-62,63-32-14-8-15-33-63)64-34-16-9-17-35-64/h6-52H,53H2,1-5H3/i1D3,6D,7D,8D,9D,10D,11D,12D,13D,14D,15D,16D,17D,22D,25D,26D,27D,30D,31D,32D,33D,34D,35D,36D,48D. The molecule has 14 aromatic rings. The van der Waals surface area contributed by atoms with Crippen LogP contribution < -0.4 is 30.1 Å². The molecule has 86 heavy (non-hydrogen) atoms. The van der Waals surface area contributed by atoms with Crippen LogP contribution in [0.3, 0.4) is 0 Å². The van der Waals surface area contributed by atoms with Crippen molar-refractivity contribution in [3.63, 3.8) is 0 Å². The van der Waals surface area contributed by atoms with Crippen molar-refractivity contribution in [3.8, 4) is 62.1 Å². The highest BCUT2D eigenvalue weighted by Gasteiger charge is 2.43. The molecule has 0 aliphatic heterocycles. The highest BCUT2D eigenvalue weighted by Crippen LogP contribution is 2.51. The van der Waals surface area contributed by atoms with Crippen molar-refractivity contribution < 1.29 is 46.3 Å². The molecule has 1 aliphatic rings. The molecule has 6 heteroatoms. The van der Waals surface area contributed by atoms with Gasteiger partial charge in [0.1, 0.15) is 17.3 Å². The van der Waals surface area contributed by atoms with Crippen molar-refractivity contribution in [2.75, 3.05) is 0 Å². The average Bonchev–Trinajstić information content (AvgIpc) is 1.32. The maximum Gasteiger partial charge on any atom is 0.269 e. The van der Waals surface area contributed by atoms with Gasteiger partial charge >= 0.3 is 0 Å². The first kappa shape index (κ1) is 31.1. The summed E-state index contributed by atoms with van der Waals surface area (Å²) in [4.78, 5) is 4.72. The van der Waals surface area contributed by atoms with E-state index < -0.39 is 186 Å². The molecule has 15 rings (SSSR count). The van der Waals surface area contributed by atoms with E-state index in [1.54, 1.807) is 86.5 Å². The number of imidazole rings is 1. The van der Waals surface area contributed by atoms with Crippen molar-refractivity contribution in [2.24, 2.45) is 0 Å². The monoisotopic (exact) mass is 1150 g/mol. The SMILES string of the molecule is [2H]c1c([2H])c([2H])c(-c2cnc(-n3c4ccccc4c4ccc(Oc5cccc(-n6[c-][n+](-c7c(-c8ccc9c(c8)C(C)(C)CC9(C)C)cccc7-c7c([2H])c([2H])c([2H])c([Si](c8c([2H])c([2H])c([2H])c([2H])c8[2H])(c8c([2H])c([2H])c([2H])c([2H])c8[2H])c8c([2H])c([2H])c([2H])c([2H])c8[2H])c7[2H])c7ccccc76)c5)cc43)cc2C([2H])([2H])[2H])c([2H])c1[2H]. The minimum Gasteiger partial charge on any atom is -0.458 e. The second kappa shape index (κ2) is 20.9. The first-order valence-corrected chi connectivity index (χ1v) is 29.7. The van der Waals surface area contributed by atoms with Crippen LogP contribution in [0.1, 0.15) is 87.8 Å². The van der Waals surface area contributed by atoms with Gasteiger partial charge in [0.05, 0.1) is 66.3 Å². The van der Waals surface area contributed by atoms with Gasteiger partial charge in [0.2, 0.25) is 0 Å². The van der Waals surface area contributed by atoms with Crippen LogP contribution in [-0.4, -0.2) is 22.2 Å². The Hall–Kier alpha value is -10.1. The van der Waals surface area contributed by atoms with Crippen LogP contribution in [-0.2, 0) is 10.8 Å². The van der Waals surface area contributed by atoms with Crippen LogP contribution in [0.25, 0.3) is 83.4 Å². The van der Waals surface area contributed by atoms with Crippen molar-refractivity contribution >= 4 is 61.7 Å². The summed E-state index contributed by atoms with van der Waals surface area (Å²) in [6.07, 6.45) is 5.53. The molecule has 3 aromatic heterocycles. The third-order valence-corrected chi connectivity index (χ3v) is 20.2. The molecule has 1 aliphatic carbocycles. The van der Waals surface area contributed by atoms with Crippen molar-refractivity contribution in [1.29, 1.82) is 0 Å². The van der Waals surface area contributed by atoms with Gasteiger partial charge in [0.25, 0.3) is 6.33 Å². The molecule has 0 saturated carbocycles. The van der Waals surface area contributed by atoms with Crippen LogP contribution in [0.5, 0.6) is 11.5 Å². The summed E-state index contributed by atoms with van der Waals surface area (Å²) in [5.41, 5.74) is 3.81. The van der Waals surface area contributed by atoms with E-state index in [0.29, 0.717) is 50.4 Å². The smallest absolute Gasteiger partial charge is 0.269 e. The van der Waals surface area contributed by atoms with Gasteiger partial charge < -0.3 is 4.74 Å². The zero-order valence-electron chi connectivity index (χ0n) is 73.7. The molecule has 0 bridgehead atoms. The second-order valence-electron chi connectivity index (χ2n) is 22.4. The lowest BCUT2D eigenvalue weighted by Crippen LogP contribution is -2.74. The molecule has 0 amide bonds. The Kier molecular flexibility index (Phi) is 7.56. The lowest BCUT2D eigenvalue weighted by molar-refractivity contribution is -0.571. The van der Waals surface area contributed by atoms with Gasteiger partial charge in [-0.15, -0.1) is 0 Å². The second-order valence-corrected chi connectivity index (χ2v) is 25.9. The molecule has 0 fully saturated rings. The molecule has 0 saturated heterocycles. The van der Waals surface area contributed by atoms with Crippen LogP contribution >= 0.6 is 0 Å². The van der Waals surface area contributed by atoms with E-state index in [-0.39, 0.29) is 44.6 Å². The molecule has 3 heterocycles. The molecule has 5 nitrogen and oxygen atoms in total. The molecule has 0 spiro atoms. The van der Waals surface area contributed by atoms with Gasteiger partial charge in [-0.1, -0.05) is 258 Å². The van der Waals surface area contributed by atoms with Crippen LogP contribution in [0, 0.1) is 13.2 Å². The maximum atomic E-state index is 11.0. The van der Waals surface area contributed by atoms with Gasteiger partial charge in [-0.2, -0.15) is 0 Å². The Bertz CT molecular complexity index is 6240. The number of hydrogen-bond donors (Lipinski definition) is 0. The third kappa shape index (κ3) is 8.82. The minimum absolute atomic E-state index is 0.0534. The topological polar surface area (TPSA) is 35.9 Å². The normalized spacial score (nSPS) is 18.1. The number of ether oxygens (including phenoxy) is 1. The van der Waals surface area contributed by atoms with Gasteiger partial charge in [-0.3, -0.25) is 13.7 Å². The quantitative estimate of drug-likeness (QED) is 0.0529. The summed E-state index contributed by atoms with van der Waals surface area (Å²) < 4.78 is 262. The van der Waals surface area contributed by atoms with E-state index in [2.05, 4.69) is 40.1 Å². The van der Waals surface area contributed by atoms with E-state index in [0.717, 1.165) is 28.3 Å². The lowest BCUT2D eigenvalue weighted by Gasteiger charge is -2.34. The van der Waals surface area contributed by atoms with E-state index in [1.165, 1.54) is 18.3 Å². The number of rotatable bonds is 12. The van der Waals surface area contributed by atoms with E-state index in [4.69, 9.17) is 24.8 Å². The Morgan fingerprint density at radius 1 is 0.512 bits per heavy atom. The Morgan fingerprint density at radius 3 is 1.84 bits per heavy atom. The fourth-order valence-corrected chi connectivity index (χ4v) is 16.3. The Balaban J connectivity index is 0.974. The van der Waals surface area contributed by atoms with Crippen molar-refractivity contribution in [2.45, 2.75) is 51.8 Å². The number of benzene rings is 11. The number of para-hydroxylation sites is 4. The maximum absolute atomic E-state index is 11.0. The molecule has 0 radical (unpaired) electrons. The number of aryl methyl sites for hydroxylation is 1. The molecule has 11 aromatic carbocycles. The van der Waals surface area contributed by atoms with Gasteiger partial charge in [0.15, 0.2) is 8.07 Å². The summed E-state index contributed by atoms with van der Waals surface area (Å²) >= 11 is 0. The fraction of sp³-hybridized carbons (Fsp3) is 0.100. The third-order valence-electron chi connectivity index (χ3n) is 16.2. The molecular weight excluding hydrogens is 1060 g/mol. The van der Waals surface area contributed by atoms with E-state index in [9.17, 15) is 21.9 Å². The number of hydrogen-bond acceptors (Lipinski definition) is 2. The van der Waals surface area contributed by atoms with Gasteiger partial charge in [0, 0.05) is 32.7 Å². The number of aromatic nitrogens is 4. The van der Waals surface area contributed by atoms with E-state index in [1.807, 2.05) is 42.5 Å².